The molecule has 0 radical (unpaired) electrons. The highest BCUT2D eigenvalue weighted by Gasteiger charge is 2.27. The van der Waals surface area contributed by atoms with Gasteiger partial charge in [0, 0.05) is 42.5 Å². The van der Waals surface area contributed by atoms with Gasteiger partial charge in [0.2, 0.25) is 5.91 Å². The van der Waals surface area contributed by atoms with Crippen molar-refractivity contribution in [3.05, 3.63) is 33.1 Å². The number of carbonyl (C=O) groups excluding carboxylic acids is 2. The molecule has 1 saturated heterocycles. The lowest BCUT2D eigenvalue weighted by molar-refractivity contribution is -0.131. The van der Waals surface area contributed by atoms with Gasteiger partial charge in [-0.2, -0.15) is 0 Å². The maximum Gasteiger partial charge on any atom is 0.318 e. The number of nitrogens with one attached hydrogen (secondary N) is 1. The first-order valence-electron chi connectivity index (χ1n) is 10.3. The summed E-state index contributed by atoms with van der Waals surface area (Å²) >= 11 is 1.57. The van der Waals surface area contributed by atoms with Crippen LogP contribution in [0.25, 0.3) is 0 Å². The Morgan fingerprint density at radius 2 is 1.83 bits per heavy atom. The van der Waals surface area contributed by atoms with E-state index in [1.165, 1.54) is 0 Å². The van der Waals surface area contributed by atoms with Crippen molar-refractivity contribution in [2.24, 2.45) is 0 Å². The fourth-order valence-electron chi connectivity index (χ4n) is 3.35. The Kier molecular flexibility index (Phi) is 6.50. The number of aromatic nitrogens is 2. The first-order chi connectivity index (χ1) is 14.1. The quantitative estimate of drug-likeness (QED) is 0.799. The minimum atomic E-state index is -0.155. The molecule has 1 aliphatic heterocycles. The SMILES string of the molecule is Cc1noc(C)c1CC(=O)N1CCN(C(=O)NC(C)c2nc(C(C)(C)C)cs2)CC1. The highest BCUT2D eigenvalue weighted by molar-refractivity contribution is 7.09. The molecule has 8 nitrogen and oxygen atoms in total. The van der Waals surface area contributed by atoms with Crippen molar-refractivity contribution < 1.29 is 14.1 Å². The number of urea groups is 1. The van der Waals surface area contributed by atoms with E-state index in [4.69, 9.17) is 4.52 Å². The summed E-state index contributed by atoms with van der Waals surface area (Å²) < 4.78 is 5.14. The zero-order chi connectivity index (χ0) is 22.1. The minimum Gasteiger partial charge on any atom is -0.361 e. The third-order valence-electron chi connectivity index (χ3n) is 5.43. The molecule has 0 bridgehead atoms. The number of hydrogen-bond acceptors (Lipinski definition) is 6. The molecule has 2 aromatic heterocycles. The summed E-state index contributed by atoms with van der Waals surface area (Å²) in [4.78, 5) is 33.5. The van der Waals surface area contributed by atoms with E-state index in [2.05, 4.69) is 41.6 Å². The molecule has 3 rings (SSSR count). The van der Waals surface area contributed by atoms with Crippen molar-refractivity contribution in [3.63, 3.8) is 0 Å². The van der Waals surface area contributed by atoms with Crippen LogP contribution >= 0.6 is 11.3 Å². The molecule has 2 aromatic rings. The van der Waals surface area contributed by atoms with E-state index in [0.717, 1.165) is 22.0 Å². The number of thiazole rings is 1. The zero-order valence-corrected chi connectivity index (χ0v) is 19.4. The van der Waals surface area contributed by atoms with Crippen LogP contribution in [0.3, 0.4) is 0 Å². The molecular weight excluding hydrogens is 402 g/mol. The predicted molar refractivity (Wildman–Crippen MR) is 116 cm³/mol. The van der Waals surface area contributed by atoms with Gasteiger partial charge in [0.15, 0.2) is 0 Å². The van der Waals surface area contributed by atoms with Gasteiger partial charge in [-0.1, -0.05) is 25.9 Å². The normalized spacial score (nSPS) is 15.9. The molecule has 1 atom stereocenters. The number of piperazine rings is 1. The topological polar surface area (TPSA) is 91.6 Å². The Balaban J connectivity index is 1.50. The maximum absolute atomic E-state index is 12.7. The second-order valence-electron chi connectivity index (χ2n) is 8.84. The van der Waals surface area contributed by atoms with E-state index in [-0.39, 0.29) is 29.8 Å². The van der Waals surface area contributed by atoms with Gasteiger partial charge in [0.25, 0.3) is 0 Å². The Labute approximate surface area is 181 Å². The standard InChI is InChI=1S/C21H31N5O3S/c1-13-16(15(3)29-24-13)11-18(27)25-7-9-26(10-8-25)20(28)22-14(2)19-23-17(12-30-19)21(4,5)6/h12,14H,7-11H2,1-6H3,(H,22,28). The van der Waals surface area contributed by atoms with E-state index < -0.39 is 0 Å². The van der Waals surface area contributed by atoms with Crippen LogP contribution in [0.4, 0.5) is 4.79 Å². The molecule has 1 unspecified atom stereocenters. The maximum atomic E-state index is 12.7. The number of rotatable bonds is 4. The fraction of sp³-hybridized carbons (Fsp3) is 0.619. The van der Waals surface area contributed by atoms with Crippen molar-refractivity contribution >= 4 is 23.3 Å². The van der Waals surface area contributed by atoms with Crippen LogP contribution in [0, 0.1) is 13.8 Å². The first kappa shape index (κ1) is 22.3. The largest absolute Gasteiger partial charge is 0.361 e. The van der Waals surface area contributed by atoms with Gasteiger partial charge in [0.05, 0.1) is 23.9 Å². The molecule has 1 fully saturated rings. The van der Waals surface area contributed by atoms with Crippen LogP contribution in [-0.4, -0.2) is 58.1 Å². The Morgan fingerprint density at radius 3 is 2.37 bits per heavy atom. The number of nitrogens with zero attached hydrogens (tertiary/aromatic N) is 4. The molecule has 0 aromatic carbocycles. The van der Waals surface area contributed by atoms with Gasteiger partial charge in [-0.05, 0) is 20.8 Å². The number of amides is 3. The molecule has 0 saturated carbocycles. The van der Waals surface area contributed by atoms with Gasteiger partial charge in [-0.25, -0.2) is 9.78 Å². The van der Waals surface area contributed by atoms with Gasteiger partial charge >= 0.3 is 6.03 Å². The lowest BCUT2D eigenvalue weighted by Crippen LogP contribution is -2.53. The number of aryl methyl sites for hydroxylation is 2. The van der Waals surface area contributed by atoms with Crippen molar-refractivity contribution in [2.75, 3.05) is 26.2 Å². The molecular formula is C21H31N5O3S. The Morgan fingerprint density at radius 1 is 1.20 bits per heavy atom. The van der Waals surface area contributed by atoms with Gasteiger partial charge in [-0.3, -0.25) is 4.79 Å². The van der Waals surface area contributed by atoms with E-state index in [1.807, 2.05) is 20.8 Å². The molecule has 0 spiro atoms. The Bertz CT molecular complexity index is 887. The average molecular weight is 434 g/mol. The van der Waals surface area contributed by atoms with Crippen LogP contribution in [0.2, 0.25) is 0 Å². The third kappa shape index (κ3) is 5.00. The van der Waals surface area contributed by atoms with Crippen molar-refractivity contribution in [3.8, 4) is 0 Å². The molecule has 0 aliphatic carbocycles. The molecule has 164 valence electrons. The molecule has 1 aliphatic rings. The van der Waals surface area contributed by atoms with Crippen LogP contribution in [0.15, 0.2) is 9.90 Å². The van der Waals surface area contributed by atoms with Crippen LogP contribution < -0.4 is 5.32 Å². The zero-order valence-electron chi connectivity index (χ0n) is 18.6. The molecule has 30 heavy (non-hydrogen) atoms. The van der Waals surface area contributed by atoms with E-state index in [1.54, 1.807) is 21.1 Å². The number of carbonyl (C=O) groups is 2. The summed E-state index contributed by atoms with van der Waals surface area (Å²) in [6.07, 6.45) is 0.282. The number of hydrogen-bond donors (Lipinski definition) is 1. The molecule has 1 N–H and O–H groups in total. The van der Waals surface area contributed by atoms with Crippen LogP contribution in [-0.2, 0) is 16.6 Å². The van der Waals surface area contributed by atoms with Crippen molar-refractivity contribution in [1.82, 2.24) is 25.3 Å². The van der Waals surface area contributed by atoms with Crippen molar-refractivity contribution in [2.45, 2.75) is 59.4 Å². The fourth-order valence-corrected chi connectivity index (χ4v) is 4.40. The van der Waals surface area contributed by atoms with Crippen LogP contribution in [0.1, 0.15) is 61.5 Å². The highest BCUT2D eigenvalue weighted by Crippen LogP contribution is 2.27. The molecule has 3 amide bonds. The summed E-state index contributed by atoms with van der Waals surface area (Å²) in [5, 5.41) is 9.90. The van der Waals surface area contributed by atoms with E-state index in [0.29, 0.717) is 31.9 Å². The second kappa shape index (κ2) is 8.75. The third-order valence-corrected chi connectivity index (χ3v) is 6.46. The van der Waals surface area contributed by atoms with Gasteiger partial charge in [0.1, 0.15) is 10.8 Å². The molecule has 9 heteroatoms. The second-order valence-corrected chi connectivity index (χ2v) is 9.73. The van der Waals surface area contributed by atoms with Crippen LogP contribution in [0.5, 0.6) is 0 Å². The summed E-state index contributed by atoms with van der Waals surface area (Å²) in [6.45, 7) is 14.1. The minimum absolute atomic E-state index is 0.00898. The summed E-state index contributed by atoms with van der Waals surface area (Å²) in [7, 11) is 0. The highest BCUT2D eigenvalue weighted by atomic mass is 32.1. The predicted octanol–water partition coefficient (Wildman–Crippen LogP) is 3.20. The average Bonchev–Trinajstić information content (AvgIpc) is 3.31. The lowest BCUT2D eigenvalue weighted by Gasteiger charge is -2.35. The van der Waals surface area contributed by atoms with Gasteiger partial charge in [-0.15, -0.1) is 11.3 Å². The van der Waals surface area contributed by atoms with E-state index in [9.17, 15) is 9.59 Å². The summed E-state index contributed by atoms with van der Waals surface area (Å²) in [5.74, 6) is 0.722. The summed E-state index contributed by atoms with van der Waals surface area (Å²) in [5.41, 5.74) is 2.64. The van der Waals surface area contributed by atoms with Crippen molar-refractivity contribution in [1.29, 1.82) is 0 Å². The smallest absolute Gasteiger partial charge is 0.318 e. The van der Waals surface area contributed by atoms with E-state index >= 15 is 0 Å². The monoisotopic (exact) mass is 433 g/mol. The Hall–Kier alpha value is -2.42. The van der Waals surface area contributed by atoms with Gasteiger partial charge < -0.3 is 19.6 Å². The summed E-state index contributed by atoms with van der Waals surface area (Å²) in [6, 6.07) is -0.273. The first-order valence-corrected chi connectivity index (χ1v) is 11.1. The lowest BCUT2D eigenvalue weighted by atomic mass is 9.93. The molecule has 3 heterocycles.